The number of ether oxygens (including phenoxy) is 1. The highest BCUT2D eigenvalue weighted by Crippen LogP contribution is 2.40. The molecule has 0 unspecified atom stereocenters. The van der Waals surface area contributed by atoms with E-state index in [9.17, 15) is 9.90 Å². The van der Waals surface area contributed by atoms with Crippen molar-refractivity contribution >= 4 is 16.9 Å². The molecule has 1 heterocycles. The Balaban J connectivity index is 2.37. The second-order valence-electron chi connectivity index (χ2n) is 7.90. The number of aromatic hydroxyl groups is 1. The Labute approximate surface area is 171 Å². The molecule has 1 aromatic heterocycles. The van der Waals surface area contributed by atoms with E-state index in [-0.39, 0.29) is 12.4 Å². The molecular weight excluding hydrogens is 368 g/mol. The summed E-state index contributed by atoms with van der Waals surface area (Å²) >= 11 is 0. The Kier molecular flexibility index (Phi) is 6.25. The molecule has 6 heteroatoms. The maximum absolute atomic E-state index is 13.0. The zero-order chi connectivity index (χ0) is 21.1. The molecule has 0 atom stereocenters. The smallest absolute Gasteiger partial charge is 0.342 e. The van der Waals surface area contributed by atoms with Crippen molar-refractivity contribution in [1.29, 1.82) is 0 Å². The van der Waals surface area contributed by atoms with E-state index < -0.39 is 5.97 Å². The van der Waals surface area contributed by atoms with Crippen LogP contribution in [0.25, 0.3) is 22.3 Å². The molecule has 0 aliphatic rings. The minimum Gasteiger partial charge on any atom is -0.507 e. The quantitative estimate of drug-likeness (QED) is 0.525. The standard InChI is InChI=1S/C23H28N2O4/c1-6-28-23(27)20-19-17(14-25(4)5)21(26)16(13-24(2)3)12-18(19)29-22(20)15-10-8-7-9-11-15/h7-12,26H,6,13-14H2,1-5H3/p+2. The van der Waals surface area contributed by atoms with Crippen molar-refractivity contribution < 1.29 is 28.9 Å². The molecule has 0 amide bonds. The van der Waals surface area contributed by atoms with Gasteiger partial charge in [0.25, 0.3) is 0 Å². The fourth-order valence-corrected chi connectivity index (χ4v) is 3.62. The molecule has 3 aromatic rings. The lowest BCUT2D eigenvalue weighted by molar-refractivity contribution is -0.873. The van der Waals surface area contributed by atoms with Crippen molar-refractivity contribution in [3.8, 4) is 17.1 Å². The number of nitrogens with one attached hydrogen (secondary N) is 2. The van der Waals surface area contributed by atoms with Gasteiger partial charge >= 0.3 is 5.97 Å². The number of phenols is 1. The summed E-state index contributed by atoms with van der Waals surface area (Å²) in [6.07, 6.45) is 0. The summed E-state index contributed by atoms with van der Waals surface area (Å²) in [7, 11) is 8.08. The SMILES string of the molecule is CCOC(=O)c1c(-c2ccccc2)oc2cc(C[NH+](C)C)c(O)c(C[NH+](C)C)c12. The number of esters is 1. The van der Waals surface area contributed by atoms with Crippen LogP contribution in [-0.2, 0) is 17.8 Å². The summed E-state index contributed by atoms with van der Waals surface area (Å²) in [5, 5.41) is 11.7. The number of phenolic OH excluding ortho intramolecular Hbond substituents is 1. The second-order valence-corrected chi connectivity index (χ2v) is 7.90. The van der Waals surface area contributed by atoms with Crippen LogP contribution in [0.15, 0.2) is 40.8 Å². The molecule has 154 valence electrons. The van der Waals surface area contributed by atoms with Crippen LogP contribution in [0.3, 0.4) is 0 Å². The highest BCUT2D eigenvalue weighted by Gasteiger charge is 2.29. The lowest BCUT2D eigenvalue weighted by atomic mass is 9.98. The van der Waals surface area contributed by atoms with Gasteiger partial charge in [-0.3, -0.25) is 0 Å². The molecular formula is C23H30N2O4+2. The summed E-state index contributed by atoms with van der Waals surface area (Å²) in [5.74, 6) is 0.263. The van der Waals surface area contributed by atoms with Gasteiger partial charge in [-0.05, 0) is 13.0 Å². The Morgan fingerprint density at radius 3 is 2.31 bits per heavy atom. The summed E-state index contributed by atoms with van der Waals surface area (Å²) in [6.45, 7) is 3.25. The average molecular weight is 399 g/mol. The predicted octanol–water partition coefficient (Wildman–Crippen LogP) is 1.27. The first-order valence-electron chi connectivity index (χ1n) is 9.94. The van der Waals surface area contributed by atoms with Crippen LogP contribution in [0, 0.1) is 0 Å². The molecule has 0 bridgehead atoms. The summed E-state index contributed by atoms with van der Waals surface area (Å²) in [4.78, 5) is 15.3. The van der Waals surface area contributed by atoms with Gasteiger partial charge in [0.05, 0.1) is 45.9 Å². The molecule has 3 rings (SSSR count). The molecule has 3 N–H and O–H groups in total. The summed E-state index contributed by atoms with van der Waals surface area (Å²) < 4.78 is 11.6. The monoisotopic (exact) mass is 398 g/mol. The van der Waals surface area contributed by atoms with Crippen molar-refractivity contribution in [3.05, 3.63) is 53.1 Å². The molecule has 0 radical (unpaired) electrons. The Hall–Kier alpha value is -2.83. The van der Waals surface area contributed by atoms with Crippen LogP contribution in [0.1, 0.15) is 28.4 Å². The maximum atomic E-state index is 13.0. The minimum atomic E-state index is -0.439. The number of benzene rings is 2. The maximum Gasteiger partial charge on any atom is 0.342 e. The third-order valence-electron chi connectivity index (χ3n) is 4.72. The zero-order valence-electron chi connectivity index (χ0n) is 17.8. The van der Waals surface area contributed by atoms with E-state index in [1.54, 1.807) is 6.92 Å². The van der Waals surface area contributed by atoms with Crippen molar-refractivity contribution in [1.82, 2.24) is 0 Å². The van der Waals surface area contributed by atoms with Gasteiger partial charge in [-0.15, -0.1) is 0 Å². The summed E-state index contributed by atoms with van der Waals surface area (Å²) in [5.41, 5.74) is 3.29. The first kappa shape index (κ1) is 20.9. The molecule has 0 fully saturated rings. The van der Waals surface area contributed by atoms with Crippen molar-refractivity contribution in [2.75, 3.05) is 34.8 Å². The molecule has 0 saturated heterocycles. The number of hydrogen-bond acceptors (Lipinski definition) is 4. The molecule has 6 nitrogen and oxygen atoms in total. The predicted molar refractivity (Wildman–Crippen MR) is 112 cm³/mol. The first-order valence-corrected chi connectivity index (χ1v) is 9.94. The number of carbonyl (C=O) groups excluding carboxylic acids is 1. The van der Waals surface area contributed by atoms with Gasteiger partial charge < -0.3 is 24.1 Å². The van der Waals surface area contributed by atoms with Crippen LogP contribution < -0.4 is 9.80 Å². The van der Waals surface area contributed by atoms with Crippen LogP contribution in [0.4, 0.5) is 0 Å². The number of furan rings is 1. The molecule has 0 aliphatic heterocycles. The largest absolute Gasteiger partial charge is 0.507 e. The molecule has 0 spiro atoms. The van der Waals surface area contributed by atoms with Gasteiger partial charge in [-0.1, -0.05) is 30.3 Å². The van der Waals surface area contributed by atoms with Crippen molar-refractivity contribution in [3.63, 3.8) is 0 Å². The van der Waals surface area contributed by atoms with Crippen molar-refractivity contribution in [2.45, 2.75) is 20.0 Å². The normalized spacial score (nSPS) is 11.6. The number of quaternary nitrogens is 2. The van der Waals surface area contributed by atoms with E-state index in [4.69, 9.17) is 9.15 Å². The Morgan fingerprint density at radius 1 is 1.07 bits per heavy atom. The lowest BCUT2D eigenvalue weighted by Gasteiger charge is -2.15. The van der Waals surface area contributed by atoms with Crippen LogP contribution >= 0.6 is 0 Å². The zero-order valence-corrected chi connectivity index (χ0v) is 17.8. The van der Waals surface area contributed by atoms with E-state index in [1.165, 1.54) is 4.90 Å². The van der Waals surface area contributed by atoms with Crippen LogP contribution in [0.5, 0.6) is 5.75 Å². The Bertz CT molecular complexity index is 1010. The van der Waals surface area contributed by atoms with Crippen LogP contribution in [0.2, 0.25) is 0 Å². The van der Waals surface area contributed by atoms with Gasteiger partial charge in [-0.25, -0.2) is 4.79 Å². The molecule has 0 saturated carbocycles. The van der Waals surface area contributed by atoms with Crippen molar-refractivity contribution in [2.24, 2.45) is 0 Å². The minimum absolute atomic E-state index is 0.228. The Morgan fingerprint density at radius 2 is 1.72 bits per heavy atom. The number of hydrogen-bond donors (Lipinski definition) is 3. The van der Waals surface area contributed by atoms with E-state index in [2.05, 4.69) is 0 Å². The molecule has 29 heavy (non-hydrogen) atoms. The highest BCUT2D eigenvalue weighted by molar-refractivity contribution is 6.10. The number of carbonyl (C=O) groups is 1. The van der Waals surface area contributed by atoms with E-state index in [0.717, 1.165) is 16.0 Å². The topological polar surface area (TPSA) is 68.5 Å². The highest BCUT2D eigenvalue weighted by atomic mass is 16.5. The van der Waals surface area contributed by atoms with Gasteiger partial charge in [0.1, 0.15) is 35.7 Å². The van der Waals surface area contributed by atoms with Gasteiger partial charge in [0.2, 0.25) is 0 Å². The fourth-order valence-electron chi connectivity index (χ4n) is 3.62. The first-order chi connectivity index (χ1) is 13.8. The lowest BCUT2D eigenvalue weighted by Crippen LogP contribution is -3.04. The third kappa shape index (κ3) is 4.28. The van der Waals surface area contributed by atoms with E-state index in [0.29, 0.717) is 40.9 Å². The van der Waals surface area contributed by atoms with Gasteiger partial charge in [0, 0.05) is 10.9 Å². The summed E-state index contributed by atoms with van der Waals surface area (Å²) in [6, 6.07) is 11.4. The average Bonchev–Trinajstić information content (AvgIpc) is 3.04. The molecule has 0 aliphatic carbocycles. The third-order valence-corrected chi connectivity index (χ3v) is 4.72. The molecule has 2 aromatic carbocycles. The number of rotatable bonds is 7. The fraction of sp³-hybridized carbons (Fsp3) is 0.348. The second kappa shape index (κ2) is 8.68. The van der Waals surface area contributed by atoms with Gasteiger partial charge in [-0.2, -0.15) is 0 Å². The number of fused-ring (bicyclic) bond motifs is 1. The van der Waals surface area contributed by atoms with E-state index in [1.807, 2.05) is 64.6 Å². The van der Waals surface area contributed by atoms with Gasteiger partial charge in [0.15, 0.2) is 0 Å². The van der Waals surface area contributed by atoms with Crippen LogP contribution in [-0.4, -0.2) is 45.9 Å². The van der Waals surface area contributed by atoms with E-state index >= 15 is 0 Å².